The predicted octanol–water partition coefficient (Wildman–Crippen LogP) is 2.80. The molecule has 0 saturated heterocycles. The van der Waals surface area contributed by atoms with Crippen LogP contribution in [-0.4, -0.2) is 24.6 Å². The molecule has 0 fully saturated rings. The molecule has 0 atom stereocenters. The number of nitrogens with one attached hydrogen (secondary N) is 2. The molecule has 0 spiro atoms. The summed E-state index contributed by atoms with van der Waals surface area (Å²) in [5.41, 5.74) is 0.110. The summed E-state index contributed by atoms with van der Waals surface area (Å²) in [5, 5.41) is 6.07. The van der Waals surface area contributed by atoms with E-state index in [0.717, 1.165) is 13.0 Å². The molecular formula is C15H24N2O2. The second kappa shape index (κ2) is 7.14. The predicted molar refractivity (Wildman–Crippen MR) is 78.6 cm³/mol. The number of hydrogen-bond donors (Lipinski definition) is 2. The van der Waals surface area contributed by atoms with E-state index in [1.54, 1.807) is 0 Å². The highest BCUT2D eigenvalue weighted by atomic mass is 16.5. The number of rotatable bonds is 7. The number of benzene rings is 1. The summed E-state index contributed by atoms with van der Waals surface area (Å²) >= 11 is 0. The highest BCUT2D eigenvalue weighted by Crippen LogP contribution is 2.24. The molecule has 0 radical (unpaired) electrons. The Morgan fingerprint density at radius 3 is 2.58 bits per heavy atom. The minimum absolute atomic E-state index is 0.0677. The second-order valence-electron chi connectivity index (χ2n) is 4.95. The summed E-state index contributed by atoms with van der Waals surface area (Å²) in [6, 6.07) is 7.50. The van der Waals surface area contributed by atoms with Crippen molar-refractivity contribution in [3.05, 3.63) is 24.3 Å². The average molecular weight is 264 g/mol. The third kappa shape index (κ3) is 4.56. The van der Waals surface area contributed by atoms with E-state index < -0.39 is 5.54 Å². The van der Waals surface area contributed by atoms with Crippen molar-refractivity contribution in [1.29, 1.82) is 0 Å². The summed E-state index contributed by atoms with van der Waals surface area (Å²) in [6.07, 6.45) is 0.936. The summed E-state index contributed by atoms with van der Waals surface area (Å²) in [6.45, 7) is 9.14. The van der Waals surface area contributed by atoms with Gasteiger partial charge in [-0.15, -0.1) is 0 Å². The number of amides is 1. The van der Waals surface area contributed by atoms with E-state index in [2.05, 4.69) is 17.6 Å². The van der Waals surface area contributed by atoms with E-state index in [-0.39, 0.29) is 5.91 Å². The van der Waals surface area contributed by atoms with Crippen molar-refractivity contribution in [3.63, 3.8) is 0 Å². The minimum Gasteiger partial charge on any atom is -0.491 e. The maximum atomic E-state index is 12.2. The molecule has 0 heterocycles. The van der Waals surface area contributed by atoms with Crippen LogP contribution in [0.3, 0.4) is 0 Å². The number of anilines is 1. The van der Waals surface area contributed by atoms with Crippen molar-refractivity contribution in [2.45, 2.75) is 39.7 Å². The molecule has 0 unspecified atom stereocenters. The van der Waals surface area contributed by atoms with Gasteiger partial charge in [0, 0.05) is 0 Å². The molecule has 1 amide bonds. The second-order valence-corrected chi connectivity index (χ2v) is 4.95. The highest BCUT2D eigenvalue weighted by molar-refractivity contribution is 5.98. The molecule has 4 heteroatoms. The molecule has 0 bridgehead atoms. The number of carbonyl (C=O) groups excluding carboxylic acids is 1. The lowest BCUT2D eigenvalue weighted by Gasteiger charge is -2.25. The fourth-order valence-corrected chi connectivity index (χ4v) is 1.71. The first-order valence-corrected chi connectivity index (χ1v) is 6.79. The lowest BCUT2D eigenvalue weighted by Crippen LogP contribution is -2.49. The van der Waals surface area contributed by atoms with E-state index in [9.17, 15) is 4.79 Å². The van der Waals surface area contributed by atoms with Crippen LogP contribution in [0.2, 0.25) is 0 Å². The van der Waals surface area contributed by atoms with Gasteiger partial charge in [0.2, 0.25) is 5.91 Å². The van der Waals surface area contributed by atoms with E-state index in [1.165, 1.54) is 0 Å². The van der Waals surface area contributed by atoms with Crippen LogP contribution in [0.5, 0.6) is 5.75 Å². The summed E-state index contributed by atoms with van der Waals surface area (Å²) in [4.78, 5) is 12.2. The van der Waals surface area contributed by atoms with Gasteiger partial charge in [-0.1, -0.05) is 26.0 Å². The Bertz CT molecular complexity index is 416. The van der Waals surface area contributed by atoms with Crippen LogP contribution in [0, 0.1) is 0 Å². The molecule has 0 aliphatic carbocycles. The van der Waals surface area contributed by atoms with Crippen molar-refractivity contribution < 1.29 is 9.53 Å². The SMILES string of the molecule is CCCOc1ccccc1NC(=O)C(C)(C)NCC. The fourth-order valence-electron chi connectivity index (χ4n) is 1.71. The molecule has 1 aromatic rings. The summed E-state index contributed by atoms with van der Waals surface area (Å²) in [7, 11) is 0. The van der Waals surface area contributed by atoms with Crippen LogP contribution in [0.1, 0.15) is 34.1 Å². The van der Waals surface area contributed by atoms with Crippen LogP contribution in [0.25, 0.3) is 0 Å². The number of carbonyl (C=O) groups is 1. The molecule has 0 aliphatic heterocycles. The Morgan fingerprint density at radius 1 is 1.26 bits per heavy atom. The van der Waals surface area contributed by atoms with Crippen LogP contribution in [0.15, 0.2) is 24.3 Å². The first-order valence-electron chi connectivity index (χ1n) is 6.79. The molecule has 0 saturated carbocycles. The zero-order valence-electron chi connectivity index (χ0n) is 12.2. The molecular weight excluding hydrogens is 240 g/mol. The number of para-hydroxylation sites is 2. The molecule has 0 aliphatic rings. The largest absolute Gasteiger partial charge is 0.491 e. The Labute approximate surface area is 115 Å². The van der Waals surface area contributed by atoms with Gasteiger partial charge in [0.05, 0.1) is 17.8 Å². The first kappa shape index (κ1) is 15.5. The van der Waals surface area contributed by atoms with Gasteiger partial charge in [-0.2, -0.15) is 0 Å². The van der Waals surface area contributed by atoms with Crippen LogP contribution in [-0.2, 0) is 4.79 Å². The summed E-state index contributed by atoms with van der Waals surface area (Å²) < 4.78 is 5.62. The van der Waals surface area contributed by atoms with Crippen molar-refractivity contribution in [1.82, 2.24) is 5.32 Å². The lowest BCUT2D eigenvalue weighted by atomic mass is 10.0. The van der Waals surface area contributed by atoms with Crippen molar-refractivity contribution in [2.24, 2.45) is 0 Å². The Balaban J connectivity index is 2.78. The number of ether oxygens (including phenoxy) is 1. The fraction of sp³-hybridized carbons (Fsp3) is 0.533. The topological polar surface area (TPSA) is 50.4 Å². The maximum Gasteiger partial charge on any atom is 0.244 e. The van der Waals surface area contributed by atoms with Gasteiger partial charge in [-0.3, -0.25) is 4.79 Å². The number of hydrogen-bond acceptors (Lipinski definition) is 3. The highest BCUT2D eigenvalue weighted by Gasteiger charge is 2.26. The third-order valence-electron chi connectivity index (χ3n) is 2.78. The zero-order valence-corrected chi connectivity index (χ0v) is 12.2. The molecule has 2 N–H and O–H groups in total. The molecule has 4 nitrogen and oxygen atoms in total. The van der Waals surface area contributed by atoms with Crippen LogP contribution >= 0.6 is 0 Å². The lowest BCUT2D eigenvalue weighted by molar-refractivity contribution is -0.121. The van der Waals surface area contributed by atoms with Gasteiger partial charge >= 0.3 is 0 Å². The average Bonchev–Trinajstić information content (AvgIpc) is 2.37. The first-order chi connectivity index (χ1) is 9.01. The maximum absolute atomic E-state index is 12.2. The molecule has 106 valence electrons. The van der Waals surface area contributed by atoms with Gasteiger partial charge in [0.25, 0.3) is 0 Å². The van der Waals surface area contributed by atoms with Gasteiger partial charge in [-0.05, 0) is 38.9 Å². The molecule has 19 heavy (non-hydrogen) atoms. The Morgan fingerprint density at radius 2 is 1.95 bits per heavy atom. The number of likely N-dealkylation sites (N-methyl/N-ethyl adjacent to an activating group) is 1. The van der Waals surface area contributed by atoms with E-state index in [0.29, 0.717) is 18.0 Å². The standard InChI is InChI=1S/C15H24N2O2/c1-5-11-19-13-10-8-7-9-12(13)17-14(18)15(3,4)16-6-2/h7-10,16H,5-6,11H2,1-4H3,(H,17,18). The quantitative estimate of drug-likeness (QED) is 0.796. The van der Waals surface area contributed by atoms with E-state index >= 15 is 0 Å². The van der Waals surface area contributed by atoms with Gasteiger partial charge in [-0.25, -0.2) is 0 Å². The third-order valence-corrected chi connectivity index (χ3v) is 2.78. The Kier molecular flexibility index (Phi) is 5.83. The van der Waals surface area contributed by atoms with E-state index in [4.69, 9.17) is 4.74 Å². The van der Waals surface area contributed by atoms with Crippen LogP contribution < -0.4 is 15.4 Å². The Hall–Kier alpha value is -1.55. The smallest absolute Gasteiger partial charge is 0.244 e. The molecule has 1 rings (SSSR count). The monoisotopic (exact) mass is 264 g/mol. The van der Waals surface area contributed by atoms with E-state index in [1.807, 2.05) is 45.0 Å². The molecule has 0 aromatic heterocycles. The van der Waals surface area contributed by atoms with Crippen molar-refractivity contribution in [2.75, 3.05) is 18.5 Å². The normalized spacial score (nSPS) is 11.2. The summed E-state index contributed by atoms with van der Waals surface area (Å²) in [5.74, 6) is 0.645. The molecule has 1 aromatic carbocycles. The van der Waals surface area contributed by atoms with Gasteiger partial charge in [0.15, 0.2) is 0 Å². The van der Waals surface area contributed by atoms with Crippen molar-refractivity contribution in [3.8, 4) is 5.75 Å². The van der Waals surface area contributed by atoms with Gasteiger partial charge in [0.1, 0.15) is 5.75 Å². The van der Waals surface area contributed by atoms with Crippen LogP contribution in [0.4, 0.5) is 5.69 Å². The zero-order chi connectivity index (χ0) is 14.3. The van der Waals surface area contributed by atoms with Gasteiger partial charge < -0.3 is 15.4 Å². The minimum atomic E-state index is -0.605. The van der Waals surface area contributed by atoms with Crippen molar-refractivity contribution >= 4 is 11.6 Å².